The molecule has 2 aromatic carbocycles. The van der Waals surface area contributed by atoms with Crippen LogP contribution in [0.25, 0.3) is 0 Å². The molecule has 20 heavy (non-hydrogen) atoms. The Morgan fingerprint density at radius 3 is 2.05 bits per heavy atom. The topological polar surface area (TPSA) is 43.4 Å². The standard InChI is InChI=1S/C17H14O3/c1-2-12-20-17(19)15-10-8-14(9-11-15)16(18)13-6-4-3-5-7-13/h2-11H,1,12H2. The number of rotatable bonds is 5. The maximum Gasteiger partial charge on any atom is 0.338 e. The minimum absolute atomic E-state index is 0.0726. The quantitative estimate of drug-likeness (QED) is 0.474. The first-order chi connectivity index (χ1) is 9.72. The summed E-state index contributed by atoms with van der Waals surface area (Å²) in [6, 6.07) is 15.4. The van der Waals surface area contributed by atoms with Crippen LogP contribution in [0.1, 0.15) is 26.3 Å². The Hall–Kier alpha value is -2.68. The fraction of sp³-hybridized carbons (Fsp3) is 0.0588. The minimum atomic E-state index is -0.427. The summed E-state index contributed by atoms with van der Waals surface area (Å²) in [5, 5.41) is 0. The van der Waals surface area contributed by atoms with E-state index in [2.05, 4.69) is 6.58 Å². The molecule has 0 spiro atoms. The van der Waals surface area contributed by atoms with Crippen molar-refractivity contribution in [2.75, 3.05) is 6.61 Å². The highest BCUT2D eigenvalue weighted by Gasteiger charge is 2.10. The zero-order valence-corrected chi connectivity index (χ0v) is 10.9. The Balaban J connectivity index is 2.14. The Labute approximate surface area is 117 Å². The lowest BCUT2D eigenvalue weighted by atomic mass is 10.0. The summed E-state index contributed by atoms with van der Waals surface area (Å²) >= 11 is 0. The van der Waals surface area contributed by atoms with Gasteiger partial charge in [0.2, 0.25) is 0 Å². The van der Waals surface area contributed by atoms with Gasteiger partial charge in [0.05, 0.1) is 5.56 Å². The molecule has 0 aliphatic rings. The highest BCUT2D eigenvalue weighted by molar-refractivity contribution is 6.09. The second-order valence-corrected chi connectivity index (χ2v) is 4.16. The highest BCUT2D eigenvalue weighted by atomic mass is 16.5. The number of carbonyl (C=O) groups excluding carboxylic acids is 2. The summed E-state index contributed by atoms with van der Waals surface area (Å²) < 4.78 is 4.92. The first-order valence-corrected chi connectivity index (χ1v) is 6.20. The van der Waals surface area contributed by atoms with Gasteiger partial charge in [-0.3, -0.25) is 4.79 Å². The maximum atomic E-state index is 12.2. The number of ether oxygens (including phenoxy) is 1. The molecule has 0 saturated carbocycles. The largest absolute Gasteiger partial charge is 0.458 e. The Bertz CT molecular complexity index is 612. The molecule has 2 aromatic rings. The number of carbonyl (C=O) groups is 2. The summed E-state index contributed by atoms with van der Waals surface area (Å²) in [6.45, 7) is 3.65. The zero-order chi connectivity index (χ0) is 14.4. The van der Waals surface area contributed by atoms with E-state index in [1.54, 1.807) is 36.4 Å². The van der Waals surface area contributed by atoms with Crippen LogP contribution in [0, 0.1) is 0 Å². The average Bonchev–Trinajstić information content (AvgIpc) is 2.53. The van der Waals surface area contributed by atoms with E-state index in [0.717, 1.165) is 0 Å². The van der Waals surface area contributed by atoms with E-state index in [9.17, 15) is 9.59 Å². The van der Waals surface area contributed by atoms with Gasteiger partial charge in [-0.1, -0.05) is 55.1 Å². The van der Waals surface area contributed by atoms with Crippen molar-refractivity contribution in [3.8, 4) is 0 Å². The van der Waals surface area contributed by atoms with E-state index >= 15 is 0 Å². The molecule has 0 unspecified atom stereocenters. The van der Waals surface area contributed by atoms with Crippen LogP contribution in [0.15, 0.2) is 67.3 Å². The van der Waals surface area contributed by atoms with E-state index in [-0.39, 0.29) is 12.4 Å². The first-order valence-electron chi connectivity index (χ1n) is 6.20. The maximum absolute atomic E-state index is 12.2. The van der Waals surface area contributed by atoms with Gasteiger partial charge in [-0.15, -0.1) is 0 Å². The van der Waals surface area contributed by atoms with Gasteiger partial charge in [0, 0.05) is 11.1 Å². The number of ketones is 1. The average molecular weight is 266 g/mol. The smallest absolute Gasteiger partial charge is 0.338 e. The third-order valence-electron chi connectivity index (χ3n) is 2.75. The van der Waals surface area contributed by atoms with Crippen LogP contribution < -0.4 is 0 Å². The number of benzene rings is 2. The molecule has 100 valence electrons. The highest BCUT2D eigenvalue weighted by Crippen LogP contribution is 2.11. The summed E-state index contributed by atoms with van der Waals surface area (Å²) in [6.07, 6.45) is 1.51. The normalized spacial score (nSPS) is 9.80. The van der Waals surface area contributed by atoms with E-state index in [4.69, 9.17) is 4.74 Å². The van der Waals surface area contributed by atoms with Crippen molar-refractivity contribution in [2.45, 2.75) is 0 Å². The van der Waals surface area contributed by atoms with Crippen molar-refractivity contribution >= 4 is 11.8 Å². The molecule has 0 bridgehead atoms. The third-order valence-corrected chi connectivity index (χ3v) is 2.75. The zero-order valence-electron chi connectivity index (χ0n) is 10.9. The monoisotopic (exact) mass is 266 g/mol. The second kappa shape index (κ2) is 6.48. The first kappa shape index (κ1) is 13.7. The number of hydrogen-bond acceptors (Lipinski definition) is 3. The molecule has 2 rings (SSSR count). The lowest BCUT2D eigenvalue weighted by Crippen LogP contribution is -2.06. The lowest BCUT2D eigenvalue weighted by Gasteiger charge is -2.04. The van der Waals surface area contributed by atoms with Gasteiger partial charge in [-0.05, 0) is 12.1 Å². The van der Waals surface area contributed by atoms with Gasteiger partial charge in [0.15, 0.2) is 5.78 Å². The fourth-order valence-electron chi connectivity index (χ4n) is 1.73. The molecule has 0 fully saturated rings. The second-order valence-electron chi connectivity index (χ2n) is 4.16. The Kier molecular flexibility index (Phi) is 4.45. The van der Waals surface area contributed by atoms with Crippen LogP contribution in [0.4, 0.5) is 0 Å². The van der Waals surface area contributed by atoms with Gasteiger partial charge in [0.25, 0.3) is 0 Å². The van der Waals surface area contributed by atoms with Crippen molar-refractivity contribution in [1.82, 2.24) is 0 Å². The van der Waals surface area contributed by atoms with Crippen molar-refractivity contribution in [3.63, 3.8) is 0 Å². The summed E-state index contributed by atoms with van der Waals surface area (Å²) in [5.41, 5.74) is 1.57. The minimum Gasteiger partial charge on any atom is -0.458 e. The molecule has 0 aromatic heterocycles. The lowest BCUT2D eigenvalue weighted by molar-refractivity contribution is 0.0549. The van der Waals surface area contributed by atoms with Crippen LogP contribution in [0.2, 0.25) is 0 Å². The van der Waals surface area contributed by atoms with E-state index < -0.39 is 5.97 Å². The predicted molar refractivity (Wildman–Crippen MR) is 76.8 cm³/mol. The number of esters is 1. The summed E-state index contributed by atoms with van der Waals surface area (Å²) in [4.78, 5) is 23.8. The molecule has 0 amide bonds. The molecule has 0 saturated heterocycles. The summed E-state index contributed by atoms with van der Waals surface area (Å²) in [7, 11) is 0. The molecular formula is C17H14O3. The molecule has 0 aliphatic carbocycles. The van der Waals surface area contributed by atoms with Gasteiger partial charge in [-0.2, -0.15) is 0 Å². The van der Waals surface area contributed by atoms with Crippen molar-refractivity contribution in [2.24, 2.45) is 0 Å². The molecule has 0 heterocycles. The van der Waals surface area contributed by atoms with Crippen LogP contribution in [0.3, 0.4) is 0 Å². The van der Waals surface area contributed by atoms with Crippen LogP contribution in [0.5, 0.6) is 0 Å². The van der Waals surface area contributed by atoms with E-state index in [1.165, 1.54) is 6.08 Å². The predicted octanol–water partition coefficient (Wildman–Crippen LogP) is 3.26. The SMILES string of the molecule is C=CCOC(=O)c1ccc(C(=O)c2ccccc2)cc1. The summed E-state index contributed by atoms with van der Waals surface area (Å²) in [5.74, 6) is -0.500. The van der Waals surface area contributed by atoms with Gasteiger partial charge < -0.3 is 4.74 Å². The molecule has 3 heteroatoms. The van der Waals surface area contributed by atoms with E-state index in [1.807, 2.05) is 18.2 Å². The van der Waals surface area contributed by atoms with Crippen LogP contribution >= 0.6 is 0 Å². The molecule has 0 aliphatic heterocycles. The number of hydrogen-bond donors (Lipinski definition) is 0. The molecule has 0 radical (unpaired) electrons. The molecule has 0 atom stereocenters. The molecule has 0 N–H and O–H groups in total. The van der Waals surface area contributed by atoms with Crippen molar-refractivity contribution in [3.05, 3.63) is 83.9 Å². The Morgan fingerprint density at radius 2 is 1.45 bits per heavy atom. The van der Waals surface area contributed by atoms with Crippen molar-refractivity contribution < 1.29 is 14.3 Å². The van der Waals surface area contributed by atoms with Crippen LogP contribution in [-0.2, 0) is 4.74 Å². The van der Waals surface area contributed by atoms with Crippen molar-refractivity contribution in [1.29, 1.82) is 0 Å². The fourth-order valence-corrected chi connectivity index (χ4v) is 1.73. The third kappa shape index (κ3) is 3.20. The van der Waals surface area contributed by atoms with E-state index in [0.29, 0.717) is 16.7 Å². The van der Waals surface area contributed by atoms with Crippen LogP contribution in [-0.4, -0.2) is 18.4 Å². The van der Waals surface area contributed by atoms with Gasteiger partial charge in [-0.25, -0.2) is 4.79 Å². The molecule has 3 nitrogen and oxygen atoms in total. The Morgan fingerprint density at radius 1 is 0.900 bits per heavy atom. The molecular weight excluding hydrogens is 252 g/mol. The van der Waals surface area contributed by atoms with Gasteiger partial charge in [0.1, 0.15) is 6.61 Å². The van der Waals surface area contributed by atoms with Gasteiger partial charge >= 0.3 is 5.97 Å².